The standard InChI is InChI=1S/C37H31N3O6S/c1-3-43-28-16-12-26(13-17-28)34-33(35(41)39-27-7-5-4-6-8-27)23(2)38-37-40(34)36(42)32(47-37)20-24-9-14-29(15-10-24)44-21-25-11-18-30-31(19-25)46-22-45-30/h4-20,34H,3,21-22H2,1-2H3,(H,39,41)/b32-20-/t34-/m0/s1. The number of hydrogen-bond acceptors (Lipinski definition) is 8. The predicted octanol–water partition coefficient (Wildman–Crippen LogP) is 5.58. The van der Waals surface area contributed by atoms with Crippen LogP contribution in [-0.2, 0) is 11.4 Å². The molecule has 1 N–H and O–H groups in total. The molecule has 1 aromatic heterocycles. The second-order valence-corrected chi connectivity index (χ2v) is 12.0. The predicted molar refractivity (Wildman–Crippen MR) is 180 cm³/mol. The summed E-state index contributed by atoms with van der Waals surface area (Å²) in [6.45, 7) is 4.86. The second-order valence-electron chi connectivity index (χ2n) is 10.9. The van der Waals surface area contributed by atoms with Crippen LogP contribution in [0.15, 0.2) is 118 Å². The number of ether oxygens (including phenoxy) is 4. The van der Waals surface area contributed by atoms with E-state index in [-0.39, 0.29) is 18.3 Å². The summed E-state index contributed by atoms with van der Waals surface area (Å²) < 4.78 is 24.6. The van der Waals surface area contributed by atoms with Crippen LogP contribution in [0.1, 0.15) is 36.6 Å². The fourth-order valence-electron chi connectivity index (χ4n) is 5.57. The number of anilines is 1. The third-order valence-corrected chi connectivity index (χ3v) is 8.81. The highest BCUT2D eigenvalue weighted by Gasteiger charge is 2.32. The van der Waals surface area contributed by atoms with E-state index in [0.717, 1.165) is 22.4 Å². The molecule has 4 aromatic carbocycles. The van der Waals surface area contributed by atoms with E-state index in [9.17, 15) is 9.59 Å². The van der Waals surface area contributed by atoms with Gasteiger partial charge in [0.2, 0.25) is 6.79 Å². The van der Waals surface area contributed by atoms with E-state index in [1.807, 2.05) is 110 Å². The number of carbonyl (C=O) groups is 1. The van der Waals surface area contributed by atoms with Gasteiger partial charge in [0.1, 0.15) is 18.1 Å². The van der Waals surface area contributed by atoms with Crippen LogP contribution in [0.25, 0.3) is 6.08 Å². The summed E-state index contributed by atoms with van der Waals surface area (Å²) in [4.78, 5) is 33.1. The molecule has 1 amide bonds. The minimum Gasteiger partial charge on any atom is -0.494 e. The van der Waals surface area contributed by atoms with Crippen LogP contribution in [0.4, 0.5) is 5.69 Å². The van der Waals surface area contributed by atoms with Crippen molar-refractivity contribution in [3.8, 4) is 23.0 Å². The molecule has 0 spiro atoms. The SMILES string of the molecule is CCOc1ccc([C@H]2C(C(=O)Nc3ccccc3)=C(C)N=c3s/c(=C\c4ccc(OCc5ccc6c(c5)OCO6)cc4)c(=O)n32)cc1. The number of benzene rings is 4. The Morgan fingerprint density at radius 2 is 1.68 bits per heavy atom. The van der Waals surface area contributed by atoms with E-state index in [2.05, 4.69) is 5.32 Å². The third-order valence-electron chi connectivity index (χ3n) is 7.83. The Hall–Kier alpha value is -5.61. The summed E-state index contributed by atoms with van der Waals surface area (Å²) in [7, 11) is 0. The number of fused-ring (bicyclic) bond motifs is 2. The molecule has 0 aliphatic carbocycles. The van der Waals surface area contributed by atoms with Crippen LogP contribution < -0.4 is 39.2 Å². The maximum absolute atomic E-state index is 14.1. The van der Waals surface area contributed by atoms with E-state index in [0.29, 0.717) is 56.8 Å². The molecule has 9 nitrogen and oxygen atoms in total. The van der Waals surface area contributed by atoms with Gasteiger partial charge in [0.05, 0.1) is 28.5 Å². The van der Waals surface area contributed by atoms with E-state index >= 15 is 0 Å². The summed E-state index contributed by atoms with van der Waals surface area (Å²) in [5, 5.41) is 2.98. The Bertz CT molecular complexity index is 2150. The molecule has 2 aliphatic heterocycles. The highest BCUT2D eigenvalue weighted by atomic mass is 32.1. The summed E-state index contributed by atoms with van der Waals surface area (Å²) in [5.41, 5.74) is 3.96. The fourth-order valence-corrected chi connectivity index (χ4v) is 6.62. The first kappa shape index (κ1) is 30.1. The summed E-state index contributed by atoms with van der Waals surface area (Å²) in [6, 6.07) is 29.3. The second kappa shape index (κ2) is 13.0. The zero-order valence-electron chi connectivity index (χ0n) is 25.8. The van der Waals surface area contributed by atoms with Crippen molar-refractivity contribution in [3.63, 3.8) is 0 Å². The largest absolute Gasteiger partial charge is 0.494 e. The third kappa shape index (κ3) is 6.28. The average Bonchev–Trinajstić information content (AvgIpc) is 3.68. The molecule has 0 unspecified atom stereocenters. The number of allylic oxidation sites excluding steroid dienone is 1. The number of rotatable bonds is 9. The zero-order chi connectivity index (χ0) is 32.3. The van der Waals surface area contributed by atoms with E-state index in [1.165, 1.54) is 11.3 Å². The van der Waals surface area contributed by atoms with Crippen LogP contribution in [0.2, 0.25) is 0 Å². The van der Waals surface area contributed by atoms with Gasteiger partial charge in [-0.2, -0.15) is 0 Å². The number of thiazole rings is 1. The quantitative estimate of drug-likeness (QED) is 0.225. The molecular weight excluding hydrogens is 614 g/mol. The minimum absolute atomic E-state index is 0.228. The van der Waals surface area contributed by atoms with Gasteiger partial charge in [-0.25, -0.2) is 4.99 Å². The van der Waals surface area contributed by atoms with Crippen LogP contribution in [0, 0.1) is 0 Å². The van der Waals surface area contributed by atoms with Gasteiger partial charge in [-0.3, -0.25) is 14.2 Å². The van der Waals surface area contributed by atoms with Crippen molar-refractivity contribution < 1.29 is 23.7 Å². The van der Waals surface area contributed by atoms with Crippen LogP contribution in [0.3, 0.4) is 0 Å². The minimum atomic E-state index is -0.681. The van der Waals surface area contributed by atoms with Crippen LogP contribution in [0.5, 0.6) is 23.0 Å². The Morgan fingerprint density at radius 1 is 0.957 bits per heavy atom. The molecule has 3 heterocycles. The van der Waals surface area contributed by atoms with E-state index in [1.54, 1.807) is 11.5 Å². The highest BCUT2D eigenvalue weighted by Crippen LogP contribution is 2.33. The van der Waals surface area contributed by atoms with Crippen molar-refractivity contribution in [2.24, 2.45) is 4.99 Å². The van der Waals surface area contributed by atoms with Crippen LogP contribution >= 0.6 is 11.3 Å². The molecule has 5 aromatic rings. The average molecular weight is 646 g/mol. The van der Waals surface area contributed by atoms with Gasteiger partial charge in [0.25, 0.3) is 11.5 Å². The van der Waals surface area contributed by atoms with Crippen molar-refractivity contribution in [2.45, 2.75) is 26.5 Å². The molecule has 10 heteroatoms. The van der Waals surface area contributed by atoms with Gasteiger partial charge in [-0.15, -0.1) is 0 Å². The maximum Gasteiger partial charge on any atom is 0.271 e. The van der Waals surface area contributed by atoms with Crippen molar-refractivity contribution in [1.82, 2.24) is 4.57 Å². The number of amides is 1. The lowest BCUT2D eigenvalue weighted by molar-refractivity contribution is -0.113. The molecule has 7 rings (SSSR count). The molecule has 0 saturated carbocycles. The number of nitrogens with one attached hydrogen (secondary N) is 1. The number of hydrogen-bond donors (Lipinski definition) is 1. The number of carbonyl (C=O) groups excluding carboxylic acids is 1. The molecule has 0 radical (unpaired) electrons. The number of aromatic nitrogens is 1. The van der Waals surface area contributed by atoms with Gasteiger partial charge < -0.3 is 24.3 Å². The molecule has 0 fully saturated rings. The first-order valence-electron chi connectivity index (χ1n) is 15.2. The van der Waals surface area contributed by atoms with Gasteiger partial charge >= 0.3 is 0 Å². The molecule has 0 bridgehead atoms. The van der Waals surface area contributed by atoms with E-state index in [4.69, 9.17) is 23.9 Å². The van der Waals surface area contributed by atoms with Gasteiger partial charge in [-0.1, -0.05) is 59.9 Å². The molecular formula is C37H31N3O6S. The lowest BCUT2D eigenvalue weighted by atomic mass is 9.95. The van der Waals surface area contributed by atoms with Crippen molar-refractivity contribution in [1.29, 1.82) is 0 Å². The topological polar surface area (TPSA) is 100 Å². The smallest absolute Gasteiger partial charge is 0.271 e. The van der Waals surface area contributed by atoms with Crippen molar-refractivity contribution in [3.05, 3.63) is 145 Å². The summed E-state index contributed by atoms with van der Waals surface area (Å²) in [5.74, 6) is 2.54. The summed E-state index contributed by atoms with van der Waals surface area (Å²) >= 11 is 1.29. The van der Waals surface area contributed by atoms with Crippen LogP contribution in [-0.4, -0.2) is 23.9 Å². The van der Waals surface area contributed by atoms with Gasteiger partial charge in [0, 0.05) is 5.69 Å². The van der Waals surface area contributed by atoms with Crippen molar-refractivity contribution in [2.75, 3.05) is 18.7 Å². The van der Waals surface area contributed by atoms with Crippen molar-refractivity contribution >= 4 is 29.0 Å². The number of nitrogens with zero attached hydrogens (tertiary/aromatic N) is 2. The zero-order valence-corrected chi connectivity index (χ0v) is 26.6. The Morgan fingerprint density at radius 3 is 2.45 bits per heavy atom. The Labute approximate surface area is 274 Å². The van der Waals surface area contributed by atoms with E-state index < -0.39 is 6.04 Å². The lowest BCUT2D eigenvalue weighted by Crippen LogP contribution is -2.40. The normalized spacial score (nSPS) is 15.2. The maximum atomic E-state index is 14.1. The molecule has 0 saturated heterocycles. The first-order valence-corrected chi connectivity index (χ1v) is 16.0. The monoisotopic (exact) mass is 645 g/mol. The van der Waals surface area contributed by atoms with Gasteiger partial charge in [0.15, 0.2) is 16.3 Å². The van der Waals surface area contributed by atoms with Gasteiger partial charge in [-0.05, 0) is 85.1 Å². The molecule has 2 aliphatic rings. The number of para-hydroxylation sites is 1. The molecule has 47 heavy (non-hydrogen) atoms. The fraction of sp³-hybridized carbons (Fsp3) is 0.162. The summed E-state index contributed by atoms with van der Waals surface area (Å²) in [6.07, 6.45) is 1.84. The Kier molecular flexibility index (Phi) is 8.33. The molecule has 236 valence electrons. The highest BCUT2D eigenvalue weighted by molar-refractivity contribution is 7.07. The first-order chi connectivity index (χ1) is 23.0. The lowest BCUT2D eigenvalue weighted by Gasteiger charge is -2.25. The Balaban J connectivity index is 1.19. The molecule has 1 atom stereocenters.